The van der Waals surface area contributed by atoms with Gasteiger partial charge in [-0.1, -0.05) is 6.07 Å². The van der Waals surface area contributed by atoms with Crippen molar-refractivity contribution < 1.29 is 15.0 Å². The minimum Gasteiger partial charge on any atom is -0.388 e. The zero-order chi connectivity index (χ0) is 12.3. The first-order chi connectivity index (χ1) is 8.16. The monoisotopic (exact) mass is 273 g/mol. The van der Waals surface area contributed by atoms with Crippen LogP contribution in [0, 0.1) is 0 Å². The first kappa shape index (κ1) is 12.9. The Morgan fingerprint density at radius 1 is 1.47 bits per heavy atom. The Kier molecular flexibility index (Phi) is 4.44. The van der Waals surface area contributed by atoms with Gasteiger partial charge in [0.1, 0.15) is 0 Å². The van der Waals surface area contributed by atoms with Crippen LogP contribution in [0.5, 0.6) is 0 Å². The number of aliphatic hydroxyl groups excluding tert-OH is 2. The summed E-state index contributed by atoms with van der Waals surface area (Å²) in [6.45, 7) is 0.499. The second-order valence-electron chi connectivity index (χ2n) is 4.01. The summed E-state index contributed by atoms with van der Waals surface area (Å²) in [5, 5.41) is 20.7. The van der Waals surface area contributed by atoms with E-state index in [0.717, 1.165) is 5.75 Å². The van der Waals surface area contributed by atoms with Gasteiger partial charge in [-0.2, -0.15) is 0 Å². The van der Waals surface area contributed by atoms with Gasteiger partial charge in [0.2, 0.25) is 5.91 Å². The number of rotatable bonds is 4. The highest BCUT2D eigenvalue weighted by atomic mass is 32.2. The molecule has 4 nitrogen and oxygen atoms in total. The first-order valence-electron chi connectivity index (χ1n) is 5.41. The first-order valence-corrected chi connectivity index (χ1v) is 7.44. The van der Waals surface area contributed by atoms with Crippen molar-refractivity contribution in [3.05, 3.63) is 22.4 Å². The van der Waals surface area contributed by atoms with Crippen molar-refractivity contribution in [1.29, 1.82) is 0 Å². The van der Waals surface area contributed by atoms with Crippen LogP contribution >= 0.6 is 23.1 Å². The molecule has 1 aliphatic heterocycles. The van der Waals surface area contributed by atoms with Gasteiger partial charge in [0.05, 0.1) is 18.0 Å². The Hall–Kier alpha value is -0.560. The smallest absolute Gasteiger partial charge is 0.232 e. The molecule has 2 rings (SSSR count). The Balaban J connectivity index is 1.71. The molecular weight excluding hydrogens is 258 g/mol. The van der Waals surface area contributed by atoms with E-state index < -0.39 is 12.2 Å². The molecular formula is C11H15NO3S2. The van der Waals surface area contributed by atoms with Crippen LogP contribution in [0.3, 0.4) is 0 Å². The second kappa shape index (κ2) is 5.86. The van der Waals surface area contributed by atoms with E-state index in [-0.39, 0.29) is 19.0 Å². The Morgan fingerprint density at radius 3 is 2.76 bits per heavy atom. The summed E-state index contributed by atoms with van der Waals surface area (Å²) >= 11 is 3.25. The molecule has 0 saturated carbocycles. The van der Waals surface area contributed by atoms with Gasteiger partial charge in [-0.15, -0.1) is 23.1 Å². The maximum absolute atomic E-state index is 11.8. The fourth-order valence-electron chi connectivity index (χ4n) is 1.70. The van der Waals surface area contributed by atoms with Crippen LogP contribution in [-0.4, -0.2) is 52.1 Å². The summed E-state index contributed by atoms with van der Waals surface area (Å²) < 4.78 is 0. The zero-order valence-corrected chi connectivity index (χ0v) is 10.9. The molecule has 94 valence electrons. The van der Waals surface area contributed by atoms with Crippen molar-refractivity contribution in [3.8, 4) is 0 Å². The lowest BCUT2D eigenvalue weighted by Gasteiger charge is -2.14. The maximum Gasteiger partial charge on any atom is 0.232 e. The molecule has 0 spiro atoms. The van der Waals surface area contributed by atoms with E-state index in [4.69, 9.17) is 0 Å². The van der Waals surface area contributed by atoms with E-state index in [0.29, 0.717) is 5.75 Å². The van der Waals surface area contributed by atoms with Gasteiger partial charge in [-0.05, 0) is 11.4 Å². The van der Waals surface area contributed by atoms with Gasteiger partial charge in [-0.25, -0.2) is 0 Å². The third kappa shape index (κ3) is 3.45. The van der Waals surface area contributed by atoms with Crippen molar-refractivity contribution in [2.45, 2.75) is 18.0 Å². The van der Waals surface area contributed by atoms with E-state index in [1.807, 2.05) is 17.5 Å². The molecule has 0 bridgehead atoms. The molecule has 1 saturated heterocycles. The average molecular weight is 273 g/mol. The predicted molar refractivity (Wildman–Crippen MR) is 69.1 cm³/mol. The van der Waals surface area contributed by atoms with Gasteiger partial charge in [-0.3, -0.25) is 4.79 Å². The Labute approximate surface area is 108 Å². The Morgan fingerprint density at radius 2 is 2.18 bits per heavy atom. The SMILES string of the molecule is O=C(CSCc1cccs1)N1CC(O)C(O)C1. The van der Waals surface area contributed by atoms with Crippen LogP contribution in [0.1, 0.15) is 4.88 Å². The van der Waals surface area contributed by atoms with Crippen molar-refractivity contribution in [1.82, 2.24) is 4.90 Å². The molecule has 1 aromatic rings. The largest absolute Gasteiger partial charge is 0.388 e. The number of thioether (sulfide) groups is 1. The van der Waals surface area contributed by atoms with Crippen LogP contribution in [0.4, 0.5) is 0 Å². The van der Waals surface area contributed by atoms with Crippen LogP contribution in [-0.2, 0) is 10.5 Å². The zero-order valence-electron chi connectivity index (χ0n) is 9.28. The number of β-amino-alcohol motifs (C(OH)–C–C–N with tert-alkyl or cyclic N) is 2. The highest BCUT2D eigenvalue weighted by Crippen LogP contribution is 2.18. The molecule has 2 atom stereocenters. The number of thiophene rings is 1. The fraction of sp³-hybridized carbons (Fsp3) is 0.545. The summed E-state index contributed by atoms with van der Waals surface area (Å²) in [5.41, 5.74) is 0. The number of aliphatic hydroxyl groups is 2. The quantitative estimate of drug-likeness (QED) is 0.841. The van der Waals surface area contributed by atoms with Gasteiger partial charge in [0, 0.05) is 23.7 Å². The number of hydrogen-bond acceptors (Lipinski definition) is 5. The number of carbonyl (C=O) groups excluding carboxylic acids is 1. The molecule has 0 radical (unpaired) electrons. The van der Waals surface area contributed by atoms with E-state index >= 15 is 0 Å². The van der Waals surface area contributed by atoms with E-state index in [9.17, 15) is 15.0 Å². The molecule has 2 unspecified atom stereocenters. The summed E-state index contributed by atoms with van der Waals surface area (Å²) in [7, 11) is 0. The molecule has 1 aromatic heterocycles. The molecule has 1 amide bonds. The van der Waals surface area contributed by atoms with Crippen molar-refractivity contribution in [3.63, 3.8) is 0 Å². The lowest BCUT2D eigenvalue weighted by molar-refractivity contribution is -0.127. The predicted octanol–water partition coefficient (Wildman–Crippen LogP) is 0.545. The highest BCUT2D eigenvalue weighted by molar-refractivity contribution is 7.99. The summed E-state index contributed by atoms with van der Waals surface area (Å²) in [4.78, 5) is 14.5. The average Bonchev–Trinajstić information content (AvgIpc) is 2.90. The van der Waals surface area contributed by atoms with E-state index in [1.54, 1.807) is 23.1 Å². The lowest BCUT2D eigenvalue weighted by atomic mass is 10.3. The summed E-state index contributed by atoms with van der Waals surface area (Å²) in [6, 6.07) is 4.04. The topological polar surface area (TPSA) is 60.8 Å². The second-order valence-corrected chi connectivity index (χ2v) is 6.02. The third-order valence-corrected chi connectivity index (χ3v) is 4.69. The molecule has 1 fully saturated rings. The standard InChI is InChI=1S/C11H15NO3S2/c13-9-4-12(5-10(9)14)11(15)7-16-6-8-2-1-3-17-8/h1-3,9-10,13-14H,4-7H2. The maximum atomic E-state index is 11.8. The van der Waals surface area contributed by atoms with Crippen molar-refractivity contribution in [2.75, 3.05) is 18.8 Å². The van der Waals surface area contributed by atoms with Gasteiger partial charge in [0.25, 0.3) is 0 Å². The van der Waals surface area contributed by atoms with E-state index in [2.05, 4.69) is 0 Å². The van der Waals surface area contributed by atoms with Crippen LogP contribution in [0.2, 0.25) is 0 Å². The number of carbonyl (C=O) groups is 1. The minimum absolute atomic E-state index is 0.0119. The molecule has 1 aliphatic rings. The number of amides is 1. The van der Waals surface area contributed by atoms with Crippen LogP contribution in [0.25, 0.3) is 0 Å². The molecule has 17 heavy (non-hydrogen) atoms. The normalized spacial score (nSPS) is 24.2. The van der Waals surface area contributed by atoms with Crippen LogP contribution < -0.4 is 0 Å². The van der Waals surface area contributed by atoms with Gasteiger partial charge >= 0.3 is 0 Å². The van der Waals surface area contributed by atoms with Crippen LogP contribution in [0.15, 0.2) is 17.5 Å². The fourth-order valence-corrected chi connectivity index (χ4v) is 3.47. The van der Waals surface area contributed by atoms with Crippen molar-refractivity contribution in [2.24, 2.45) is 0 Å². The number of nitrogens with zero attached hydrogens (tertiary/aromatic N) is 1. The highest BCUT2D eigenvalue weighted by Gasteiger charge is 2.32. The lowest BCUT2D eigenvalue weighted by Crippen LogP contribution is -2.31. The summed E-state index contributed by atoms with van der Waals surface area (Å²) in [6.07, 6.45) is -1.58. The summed E-state index contributed by atoms with van der Waals surface area (Å²) in [5.74, 6) is 1.22. The third-order valence-electron chi connectivity index (χ3n) is 2.66. The molecule has 2 heterocycles. The number of hydrogen-bond donors (Lipinski definition) is 2. The van der Waals surface area contributed by atoms with Gasteiger partial charge in [0.15, 0.2) is 0 Å². The van der Waals surface area contributed by atoms with Crippen molar-refractivity contribution >= 4 is 29.0 Å². The minimum atomic E-state index is -0.791. The molecule has 6 heteroatoms. The van der Waals surface area contributed by atoms with E-state index in [1.165, 1.54) is 9.78 Å². The van der Waals surface area contributed by atoms with Gasteiger partial charge < -0.3 is 15.1 Å². The molecule has 0 aliphatic carbocycles. The number of likely N-dealkylation sites (tertiary alicyclic amines) is 1. The Bertz CT molecular complexity index is 359. The molecule has 2 N–H and O–H groups in total. The molecule has 0 aromatic carbocycles.